The maximum Gasteiger partial charge on any atom is 0.256 e. The number of para-hydroxylation sites is 1. The zero-order chi connectivity index (χ0) is 21.6. The molecule has 0 aromatic heterocycles. The minimum atomic E-state index is -0.218. The van der Waals surface area contributed by atoms with Crippen molar-refractivity contribution in [2.24, 2.45) is 5.92 Å². The van der Waals surface area contributed by atoms with Gasteiger partial charge < -0.3 is 15.0 Å². The van der Waals surface area contributed by atoms with Gasteiger partial charge in [-0.2, -0.15) is 0 Å². The summed E-state index contributed by atoms with van der Waals surface area (Å²) >= 11 is 0. The van der Waals surface area contributed by atoms with Crippen LogP contribution in [0.25, 0.3) is 0 Å². The number of rotatable bonds is 5. The number of hydrogen-bond acceptors (Lipinski definition) is 4. The van der Waals surface area contributed by atoms with Gasteiger partial charge in [0.2, 0.25) is 5.91 Å². The molecule has 164 valence electrons. The Bertz CT molecular complexity index is 930. The van der Waals surface area contributed by atoms with Crippen molar-refractivity contribution in [2.75, 3.05) is 44.7 Å². The SMILES string of the molecule is O=C(Nc1ccccc1C(=O)N1CCOCC1)C1CCCN(Cc2ccccc2F)C1. The number of nitrogens with one attached hydrogen (secondary N) is 1. The number of carbonyl (C=O) groups is 2. The molecule has 0 radical (unpaired) electrons. The molecular weight excluding hydrogens is 397 g/mol. The van der Waals surface area contributed by atoms with Crippen molar-refractivity contribution in [3.05, 3.63) is 65.5 Å². The van der Waals surface area contributed by atoms with Crippen LogP contribution in [0.1, 0.15) is 28.8 Å². The molecule has 1 unspecified atom stereocenters. The number of amides is 2. The Morgan fingerprint density at radius 1 is 1.03 bits per heavy atom. The van der Waals surface area contributed by atoms with Crippen molar-refractivity contribution in [1.82, 2.24) is 9.80 Å². The van der Waals surface area contributed by atoms with Gasteiger partial charge in [-0.15, -0.1) is 0 Å². The highest BCUT2D eigenvalue weighted by molar-refractivity contribution is 6.04. The number of likely N-dealkylation sites (tertiary alicyclic amines) is 1. The van der Waals surface area contributed by atoms with E-state index in [4.69, 9.17) is 4.74 Å². The van der Waals surface area contributed by atoms with Gasteiger partial charge in [0, 0.05) is 31.7 Å². The Balaban J connectivity index is 1.41. The molecule has 2 aliphatic rings. The van der Waals surface area contributed by atoms with Crippen molar-refractivity contribution in [3.8, 4) is 0 Å². The monoisotopic (exact) mass is 425 g/mol. The fraction of sp³-hybridized carbons (Fsp3) is 0.417. The van der Waals surface area contributed by atoms with E-state index in [1.165, 1.54) is 6.07 Å². The first kappa shape index (κ1) is 21.5. The zero-order valence-corrected chi connectivity index (χ0v) is 17.6. The lowest BCUT2D eigenvalue weighted by atomic mass is 9.96. The van der Waals surface area contributed by atoms with E-state index in [-0.39, 0.29) is 23.5 Å². The minimum Gasteiger partial charge on any atom is -0.378 e. The van der Waals surface area contributed by atoms with E-state index in [1.54, 1.807) is 35.2 Å². The lowest BCUT2D eigenvalue weighted by molar-refractivity contribution is -0.121. The molecule has 6 nitrogen and oxygen atoms in total. The number of benzene rings is 2. The molecule has 1 N–H and O–H groups in total. The van der Waals surface area contributed by atoms with Gasteiger partial charge in [-0.05, 0) is 37.6 Å². The Labute approximate surface area is 182 Å². The molecule has 2 aromatic rings. The van der Waals surface area contributed by atoms with Crippen molar-refractivity contribution in [3.63, 3.8) is 0 Å². The number of hydrogen-bond donors (Lipinski definition) is 1. The third kappa shape index (κ3) is 5.29. The van der Waals surface area contributed by atoms with E-state index in [9.17, 15) is 14.0 Å². The Kier molecular flexibility index (Phi) is 6.94. The van der Waals surface area contributed by atoms with Gasteiger partial charge in [0.25, 0.3) is 5.91 Å². The van der Waals surface area contributed by atoms with Crippen LogP contribution in [0.4, 0.5) is 10.1 Å². The molecule has 2 saturated heterocycles. The smallest absolute Gasteiger partial charge is 0.256 e. The molecule has 2 heterocycles. The summed E-state index contributed by atoms with van der Waals surface area (Å²) in [6.45, 7) is 4.05. The predicted octanol–water partition coefficient (Wildman–Crippen LogP) is 3.15. The predicted molar refractivity (Wildman–Crippen MR) is 116 cm³/mol. The van der Waals surface area contributed by atoms with Gasteiger partial charge in [0.05, 0.1) is 30.4 Å². The average molecular weight is 426 g/mol. The van der Waals surface area contributed by atoms with Crippen LogP contribution in [0, 0.1) is 11.7 Å². The van der Waals surface area contributed by atoms with Crippen LogP contribution in [0.15, 0.2) is 48.5 Å². The summed E-state index contributed by atoms with van der Waals surface area (Å²) in [6.07, 6.45) is 1.65. The third-order valence-electron chi connectivity index (χ3n) is 5.94. The second-order valence-corrected chi connectivity index (χ2v) is 8.11. The largest absolute Gasteiger partial charge is 0.378 e. The van der Waals surface area contributed by atoms with Crippen molar-refractivity contribution < 1.29 is 18.7 Å². The van der Waals surface area contributed by atoms with Gasteiger partial charge in [-0.25, -0.2) is 4.39 Å². The minimum absolute atomic E-state index is 0.0935. The number of carbonyl (C=O) groups excluding carboxylic acids is 2. The Hall–Kier alpha value is -2.77. The normalized spacial score (nSPS) is 19.8. The first-order valence-electron chi connectivity index (χ1n) is 10.8. The fourth-order valence-corrected chi connectivity index (χ4v) is 4.23. The molecule has 2 amide bonds. The highest BCUT2D eigenvalue weighted by atomic mass is 19.1. The van der Waals surface area contributed by atoms with Crippen LogP contribution >= 0.6 is 0 Å². The number of ether oxygens (including phenoxy) is 1. The maximum absolute atomic E-state index is 14.0. The zero-order valence-electron chi connectivity index (χ0n) is 17.6. The molecule has 7 heteroatoms. The summed E-state index contributed by atoms with van der Waals surface area (Å²) in [7, 11) is 0. The van der Waals surface area contributed by atoms with Gasteiger partial charge in [0.15, 0.2) is 0 Å². The number of nitrogens with zero attached hydrogens (tertiary/aromatic N) is 2. The molecule has 0 aliphatic carbocycles. The third-order valence-corrected chi connectivity index (χ3v) is 5.94. The second-order valence-electron chi connectivity index (χ2n) is 8.11. The summed E-state index contributed by atoms with van der Waals surface area (Å²) in [5.41, 5.74) is 1.68. The van der Waals surface area contributed by atoms with Crippen LogP contribution in [-0.4, -0.2) is 61.0 Å². The van der Waals surface area contributed by atoms with Gasteiger partial charge in [-0.1, -0.05) is 30.3 Å². The Morgan fingerprint density at radius 3 is 2.58 bits per heavy atom. The van der Waals surface area contributed by atoms with Crippen molar-refractivity contribution >= 4 is 17.5 Å². The van der Waals surface area contributed by atoms with Gasteiger partial charge in [0.1, 0.15) is 5.82 Å². The molecule has 0 bridgehead atoms. The molecule has 4 rings (SSSR count). The summed E-state index contributed by atoms with van der Waals surface area (Å²) in [5.74, 6) is -0.610. The molecule has 31 heavy (non-hydrogen) atoms. The van der Waals surface area contributed by atoms with Crippen LogP contribution in [0.3, 0.4) is 0 Å². The van der Waals surface area contributed by atoms with E-state index in [1.807, 2.05) is 12.1 Å². The number of halogens is 1. The summed E-state index contributed by atoms with van der Waals surface area (Å²) < 4.78 is 19.3. The van der Waals surface area contributed by atoms with Gasteiger partial charge in [-0.3, -0.25) is 14.5 Å². The summed E-state index contributed by atoms with van der Waals surface area (Å²) in [6, 6.07) is 13.9. The van der Waals surface area contributed by atoms with E-state index < -0.39 is 0 Å². The lowest BCUT2D eigenvalue weighted by Gasteiger charge is -2.32. The standard InChI is InChI=1S/C24H28FN3O3/c25-21-9-3-1-6-18(21)16-27-11-5-7-19(17-27)23(29)26-22-10-4-2-8-20(22)24(30)28-12-14-31-15-13-28/h1-4,6,8-10,19H,5,7,11-17H2,(H,26,29). The Morgan fingerprint density at radius 2 is 1.77 bits per heavy atom. The van der Waals surface area contributed by atoms with E-state index >= 15 is 0 Å². The molecular formula is C24H28FN3O3. The second kappa shape index (κ2) is 10.0. The maximum atomic E-state index is 14.0. The first-order chi connectivity index (χ1) is 15.1. The van der Waals surface area contributed by atoms with E-state index in [0.717, 1.165) is 19.4 Å². The first-order valence-corrected chi connectivity index (χ1v) is 10.8. The molecule has 2 aliphatic heterocycles. The van der Waals surface area contributed by atoms with E-state index in [2.05, 4.69) is 10.2 Å². The number of anilines is 1. The summed E-state index contributed by atoms with van der Waals surface area (Å²) in [4.78, 5) is 29.8. The molecule has 1 atom stereocenters. The van der Waals surface area contributed by atoms with Crippen molar-refractivity contribution in [1.29, 1.82) is 0 Å². The molecule has 0 spiro atoms. The van der Waals surface area contributed by atoms with E-state index in [0.29, 0.717) is 56.2 Å². The molecule has 0 saturated carbocycles. The molecule has 2 aromatic carbocycles. The topological polar surface area (TPSA) is 61.9 Å². The molecule has 2 fully saturated rings. The highest BCUT2D eigenvalue weighted by Crippen LogP contribution is 2.23. The van der Waals surface area contributed by atoms with Crippen LogP contribution < -0.4 is 5.32 Å². The fourth-order valence-electron chi connectivity index (χ4n) is 4.23. The quantitative estimate of drug-likeness (QED) is 0.800. The van der Waals surface area contributed by atoms with Gasteiger partial charge >= 0.3 is 0 Å². The highest BCUT2D eigenvalue weighted by Gasteiger charge is 2.28. The van der Waals surface area contributed by atoms with Crippen LogP contribution in [0.5, 0.6) is 0 Å². The lowest BCUT2D eigenvalue weighted by Crippen LogP contribution is -2.42. The summed E-state index contributed by atoms with van der Waals surface area (Å²) in [5, 5.41) is 2.98. The number of piperidine rings is 1. The van der Waals surface area contributed by atoms with Crippen molar-refractivity contribution in [2.45, 2.75) is 19.4 Å². The van der Waals surface area contributed by atoms with Crippen LogP contribution in [0.2, 0.25) is 0 Å². The number of morpholine rings is 1. The average Bonchev–Trinajstić information content (AvgIpc) is 2.81. The van der Waals surface area contributed by atoms with Crippen LogP contribution in [-0.2, 0) is 16.1 Å².